The lowest BCUT2D eigenvalue weighted by molar-refractivity contribution is -0.146. The number of hydrogen-bond donors (Lipinski definition) is 1. The van der Waals surface area contributed by atoms with E-state index in [0.717, 1.165) is 32.5 Å². The zero-order valence-corrected chi connectivity index (χ0v) is 11.4. The van der Waals surface area contributed by atoms with Crippen LogP contribution in [0, 0.1) is 5.92 Å². The summed E-state index contributed by atoms with van der Waals surface area (Å²) in [6, 6.07) is 10.3. The summed E-state index contributed by atoms with van der Waals surface area (Å²) >= 11 is 0. The van der Waals surface area contributed by atoms with Crippen molar-refractivity contribution in [2.75, 3.05) is 20.2 Å². The molecule has 2 unspecified atom stereocenters. The molecule has 1 aromatic carbocycles. The van der Waals surface area contributed by atoms with Crippen LogP contribution in [0.25, 0.3) is 0 Å². The molecule has 0 saturated carbocycles. The zero-order chi connectivity index (χ0) is 13.7. The van der Waals surface area contributed by atoms with Gasteiger partial charge >= 0.3 is 5.97 Å². The molecule has 0 spiro atoms. The lowest BCUT2D eigenvalue weighted by Gasteiger charge is -2.19. The summed E-state index contributed by atoms with van der Waals surface area (Å²) < 4.78 is 4.83. The van der Waals surface area contributed by atoms with Gasteiger partial charge in [0.2, 0.25) is 0 Å². The molecule has 0 radical (unpaired) electrons. The first-order valence-electron chi connectivity index (χ1n) is 6.80. The summed E-state index contributed by atoms with van der Waals surface area (Å²) in [7, 11) is 1.43. The molecule has 0 aliphatic carbocycles. The Bertz CT molecular complexity index is 408. The Kier molecular flexibility index (Phi) is 4.93. The third-order valence-corrected chi connectivity index (χ3v) is 3.80. The Morgan fingerprint density at radius 2 is 2.00 bits per heavy atom. The molecule has 0 aromatic heterocycles. The molecule has 2 N–H and O–H groups in total. The van der Waals surface area contributed by atoms with Crippen molar-refractivity contribution in [3.05, 3.63) is 35.9 Å². The van der Waals surface area contributed by atoms with Gasteiger partial charge in [-0.3, -0.25) is 9.69 Å². The molecule has 0 bridgehead atoms. The highest BCUT2D eigenvalue weighted by atomic mass is 16.5. The molecule has 1 saturated heterocycles. The number of nitrogens with two attached hydrogens (primary N) is 1. The summed E-state index contributed by atoms with van der Waals surface area (Å²) in [5.41, 5.74) is 7.38. The van der Waals surface area contributed by atoms with E-state index >= 15 is 0 Å². The standard InChI is InChI=1S/C15H22N2O2/c1-19-15(18)13-7-9-17(10-8-14(13)16)11-12-5-3-2-4-6-12/h2-6,13-14H,7-11,16H2,1H3. The second-order valence-electron chi connectivity index (χ2n) is 5.13. The van der Waals surface area contributed by atoms with E-state index in [1.54, 1.807) is 0 Å². The van der Waals surface area contributed by atoms with Crippen molar-refractivity contribution in [2.24, 2.45) is 11.7 Å². The first-order valence-corrected chi connectivity index (χ1v) is 6.80. The minimum atomic E-state index is -0.172. The predicted octanol–water partition coefficient (Wildman–Crippen LogP) is 1.40. The van der Waals surface area contributed by atoms with Gasteiger partial charge < -0.3 is 10.5 Å². The molecular formula is C15H22N2O2. The van der Waals surface area contributed by atoms with Gasteiger partial charge in [-0.25, -0.2) is 0 Å². The van der Waals surface area contributed by atoms with Crippen LogP contribution in [0.2, 0.25) is 0 Å². The fourth-order valence-corrected chi connectivity index (χ4v) is 2.62. The summed E-state index contributed by atoms with van der Waals surface area (Å²) in [4.78, 5) is 14.0. The van der Waals surface area contributed by atoms with Crippen molar-refractivity contribution < 1.29 is 9.53 Å². The second kappa shape index (κ2) is 6.68. The maximum absolute atomic E-state index is 11.7. The van der Waals surface area contributed by atoms with Gasteiger partial charge in [0.05, 0.1) is 13.0 Å². The van der Waals surface area contributed by atoms with Crippen molar-refractivity contribution in [1.29, 1.82) is 0 Å². The number of hydrogen-bond acceptors (Lipinski definition) is 4. The third kappa shape index (κ3) is 3.78. The lowest BCUT2D eigenvalue weighted by Crippen LogP contribution is -2.36. The fraction of sp³-hybridized carbons (Fsp3) is 0.533. The normalized spacial score (nSPS) is 24.7. The van der Waals surface area contributed by atoms with Crippen LogP contribution < -0.4 is 5.73 Å². The molecule has 1 fully saturated rings. The number of carbonyl (C=O) groups is 1. The summed E-state index contributed by atoms with van der Waals surface area (Å²) in [6.07, 6.45) is 1.62. The van der Waals surface area contributed by atoms with Gasteiger partial charge in [0.1, 0.15) is 0 Å². The quantitative estimate of drug-likeness (QED) is 0.837. The maximum Gasteiger partial charge on any atom is 0.310 e. The van der Waals surface area contributed by atoms with E-state index in [1.807, 2.05) is 6.07 Å². The Hall–Kier alpha value is -1.39. The van der Waals surface area contributed by atoms with E-state index in [0.29, 0.717) is 0 Å². The molecule has 19 heavy (non-hydrogen) atoms. The van der Waals surface area contributed by atoms with Crippen LogP contribution >= 0.6 is 0 Å². The summed E-state index contributed by atoms with van der Waals surface area (Å²) in [5.74, 6) is -0.333. The Morgan fingerprint density at radius 1 is 1.32 bits per heavy atom. The van der Waals surface area contributed by atoms with Crippen LogP contribution in [0.5, 0.6) is 0 Å². The molecule has 104 valence electrons. The van der Waals surface area contributed by atoms with E-state index in [-0.39, 0.29) is 17.9 Å². The highest BCUT2D eigenvalue weighted by Gasteiger charge is 2.29. The van der Waals surface area contributed by atoms with Gasteiger partial charge in [0.25, 0.3) is 0 Å². The SMILES string of the molecule is COC(=O)C1CCN(Cc2ccccc2)CCC1N. The van der Waals surface area contributed by atoms with Crippen molar-refractivity contribution >= 4 is 5.97 Å². The molecule has 4 heteroatoms. The number of ether oxygens (including phenoxy) is 1. The van der Waals surface area contributed by atoms with Crippen LogP contribution in [0.1, 0.15) is 18.4 Å². The molecule has 0 amide bonds. The van der Waals surface area contributed by atoms with Gasteiger partial charge in [0, 0.05) is 12.6 Å². The van der Waals surface area contributed by atoms with Gasteiger partial charge in [-0.2, -0.15) is 0 Å². The van der Waals surface area contributed by atoms with Crippen LogP contribution in [0.4, 0.5) is 0 Å². The lowest BCUT2D eigenvalue weighted by atomic mass is 9.96. The van der Waals surface area contributed by atoms with Crippen LogP contribution in [-0.2, 0) is 16.1 Å². The van der Waals surface area contributed by atoms with Gasteiger partial charge in [-0.15, -0.1) is 0 Å². The van der Waals surface area contributed by atoms with Crippen molar-refractivity contribution in [3.63, 3.8) is 0 Å². The first kappa shape index (κ1) is 14.0. The molecule has 1 aliphatic heterocycles. The van der Waals surface area contributed by atoms with Crippen LogP contribution in [0.15, 0.2) is 30.3 Å². The largest absolute Gasteiger partial charge is 0.469 e. The summed E-state index contributed by atoms with van der Waals surface area (Å²) in [6.45, 7) is 2.74. The molecule has 1 aromatic rings. The predicted molar refractivity (Wildman–Crippen MR) is 74.4 cm³/mol. The van der Waals surface area contributed by atoms with E-state index in [2.05, 4.69) is 29.2 Å². The highest BCUT2D eigenvalue weighted by Crippen LogP contribution is 2.19. The van der Waals surface area contributed by atoms with E-state index in [4.69, 9.17) is 10.5 Å². The zero-order valence-electron chi connectivity index (χ0n) is 11.4. The van der Waals surface area contributed by atoms with Crippen LogP contribution in [-0.4, -0.2) is 37.1 Å². The fourth-order valence-electron chi connectivity index (χ4n) is 2.62. The second-order valence-corrected chi connectivity index (χ2v) is 5.13. The van der Waals surface area contributed by atoms with Crippen molar-refractivity contribution in [2.45, 2.75) is 25.4 Å². The maximum atomic E-state index is 11.7. The van der Waals surface area contributed by atoms with E-state index < -0.39 is 0 Å². The Balaban J connectivity index is 1.94. The number of rotatable bonds is 3. The smallest absolute Gasteiger partial charge is 0.310 e. The topological polar surface area (TPSA) is 55.6 Å². The summed E-state index contributed by atoms with van der Waals surface area (Å²) in [5, 5.41) is 0. The molecule has 2 atom stereocenters. The minimum absolute atomic E-state index is 0.0896. The van der Waals surface area contributed by atoms with Crippen molar-refractivity contribution in [3.8, 4) is 0 Å². The number of likely N-dealkylation sites (tertiary alicyclic amines) is 1. The first-order chi connectivity index (χ1) is 9.20. The highest BCUT2D eigenvalue weighted by molar-refractivity contribution is 5.73. The number of methoxy groups -OCH3 is 1. The molecule has 1 aliphatic rings. The Labute approximate surface area is 114 Å². The monoisotopic (exact) mass is 262 g/mol. The van der Waals surface area contributed by atoms with E-state index in [9.17, 15) is 4.79 Å². The average Bonchev–Trinajstić information content (AvgIpc) is 2.62. The third-order valence-electron chi connectivity index (χ3n) is 3.80. The van der Waals surface area contributed by atoms with Crippen molar-refractivity contribution in [1.82, 2.24) is 4.90 Å². The Morgan fingerprint density at radius 3 is 2.68 bits per heavy atom. The molecular weight excluding hydrogens is 240 g/mol. The van der Waals surface area contributed by atoms with Gasteiger partial charge in [-0.1, -0.05) is 30.3 Å². The number of esters is 1. The van der Waals surface area contributed by atoms with E-state index in [1.165, 1.54) is 12.7 Å². The average molecular weight is 262 g/mol. The molecule has 4 nitrogen and oxygen atoms in total. The molecule has 2 rings (SSSR count). The number of carbonyl (C=O) groups excluding carboxylic acids is 1. The van der Waals surface area contributed by atoms with Gasteiger partial charge in [-0.05, 0) is 31.5 Å². The minimum Gasteiger partial charge on any atom is -0.469 e. The van der Waals surface area contributed by atoms with Crippen LogP contribution in [0.3, 0.4) is 0 Å². The number of benzene rings is 1. The molecule has 1 heterocycles. The van der Waals surface area contributed by atoms with Gasteiger partial charge in [0.15, 0.2) is 0 Å². The number of nitrogens with zero attached hydrogens (tertiary/aromatic N) is 1.